The Labute approximate surface area is 138 Å². The molecule has 2 aliphatic heterocycles. The van der Waals surface area contributed by atoms with Crippen LogP contribution in [0.2, 0.25) is 0 Å². The van der Waals surface area contributed by atoms with Gasteiger partial charge in [0.2, 0.25) is 10.0 Å². The Morgan fingerprint density at radius 3 is 2.65 bits per heavy atom. The van der Waals surface area contributed by atoms with E-state index in [9.17, 15) is 13.2 Å². The third-order valence-corrected chi connectivity index (χ3v) is 5.37. The van der Waals surface area contributed by atoms with Crippen LogP contribution in [0.1, 0.15) is 19.3 Å². The van der Waals surface area contributed by atoms with Crippen molar-refractivity contribution in [3.05, 3.63) is 0 Å². The number of ether oxygens (including phenoxy) is 2. The molecule has 0 aromatic heterocycles. The van der Waals surface area contributed by atoms with Crippen molar-refractivity contribution >= 4 is 16.1 Å². The number of hydrogen-bond acceptors (Lipinski definition) is 5. The maximum atomic E-state index is 12.0. The molecule has 134 valence electrons. The van der Waals surface area contributed by atoms with Gasteiger partial charge in [0, 0.05) is 45.9 Å². The summed E-state index contributed by atoms with van der Waals surface area (Å²) in [6.45, 7) is 4.17. The molecule has 1 atom stereocenters. The summed E-state index contributed by atoms with van der Waals surface area (Å²) in [5, 5.41) is 2.84. The van der Waals surface area contributed by atoms with Crippen LogP contribution in [0.15, 0.2) is 0 Å². The van der Waals surface area contributed by atoms with E-state index in [1.807, 2.05) is 0 Å². The molecule has 2 aliphatic rings. The normalized spacial score (nSPS) is 23.2. The Hall–Kier alpha value is -0.900. The number of carbonyl (C=O) groups excluding carboxylic acids is 1. The summed E-state index contributed by atoms with van der Waals surface area (Å²) in [4.78, 5) is 13.6. The number of urea groups is 1. The lowest BCUT2D eigenvalue weighted by atomic mass is 10.2. The maximum absolute atomic E-state index is 12.0. The fraction of sp³-hybridized carbons (Fsp3) is 0.929. The minimum absolute atomic E-state index is 0.141. The topological polar surface area (TPSA) is 88.2 Å². The first-order valence-corrected chi connectivity index (χ1v) is 9.99. The van der Waals surface area contributed by atoms with E-state index in [0.717, 1.165) is 25.9 Å². The van der Waals surface area contributed by atoms with E-state index in [4.69, 9.17) is 9.47 Å². The molecule has 8 nitrogen and oxygen atoms in total. The number of amides is 2. The zero-order valence-corrected chi connectivity index (χ0v) is 14.5. The number of rotatable bonds is 7. The maximum Gasteiger partial charge on any atom is 0.317 e. The highest BCUT2D eigenvalue weighted by atomic mass is 32.2. The van der Waals surface area contributed by atoms with Crippen LogP contribution in [-0.2, 0) is 19.5 Å². The van der Waals surface area contributed by atoms with Crippen molar-refractivity contribution in [1.29, 1.82) is 0 Å². The van der Waals surface area contributed by atoms with Crippen LogP contribution in [0.5, 0.6) is 0 Å². The van der Waals surface area contributed by atoms with Crippen LogP contribution in [0.4, 0.5) is 4.79 Å². The Balaban J connectivity index is 1.52. The van der Waals surface area contributed by atoms with Gasteiger partial charge in [0.1, 0.15) is 0 Å². The van der Waals surface area contributed by atoms with Crippen LogP contribution in [0.3, 0.4) is 0 Å². The van der Waals surface area contributed by atoms with Gasteiger partial charge in [-0.25, -0.2) is 13.2 Å². The largest absolute Gasteiger partial charge is 0.379 e. The van der Waals surface area contributed by atoms with Gasteiger partial charge < -0.3 is 19.7 Å². The molecule has 0 spiro atoms. The van der Waals surface area contributed by atoms with Gasteiger partial charge >= 0.3 is 6.03 Å². The smallest absolute Gasteiger partial charge is 0.317 e. The van der Waals surface area contributed by atoms with Gasteiger partial charge in [-0.15, -0.1) is 0 Å². The molecule has 0 bridgehead atoms. The third kappa shape index (κ3) is 6.25. The first-order chi connectivity index (χ1) is 11.0. The van der Waals surface area contributed by atoms with Gasteiger partial charge in [0.15, 0.2) is 0 Å². The second-order valence-corrected chi connectivity index (χ2v) is 7.93. The lowest BCUT2D eigenvalue weighted by Crippen LogP contribution is -2.53. The highest BCUT2D eigenvalue weighted by Gasteiger charge is 2.25. The Morgan fingerprint density at radius 1 is 1.30 bits per heavy atom. The van der Waals surface area contributed by atoms with Gasteiger partial charge in [0.05, 0.1) is 19.0 Å². The van der Waals surface area contributed by atoms with E-state index in [1.54, 1.807) is 4.90 Å². The van der Waals surface area contributed by atoms with Crippen molar-refractivity contribution in [2.24, 2.45) is 0 Å². The second kappa shape index (κ2) is 8.81. The summed E-state index contributed by atoms with van der Waals surface area (Å²) in [6, 6.07) is -0.141. The average Bonchev–Trinajstić information content (AvgIpc) is 3.03. The molecule has 0 unspecified atom stereocenters. The summed E-state index contributed by atoms with van der Waals surface area (Å²) in [6.07, 6.45) is 4.35. The first kappa shape index (κ1) is 18.4. The molecule has 2 amide bonds. The first-order valence-electron chi connectivity index (χ1n) is 8.14. The Bertz CT molecular complexity index is 471. The molecule has 2 heterocycles. The number of piperazine rings is 1. The average molecular weight is 349 g/mol. The van der Waals surface area contributed by atoms with E-state index in [0.29, 0.717) is 45.9 Å². The highest BCUT2D eigenvalue weighted by Crippen LogP contribution is 2.11. The van der Waals surface area contributed by atoms with Gasteiger partial charge in [-0.05, 0) is 19.3 Å². The molecule has 2 fully saturated rings. The van der Waals surface area contributed by atoms with Crippen molar-refractivity contribution in [3.63, 3.8) is 0 Å². The minimum atomic E-state index is -3.16. The Kier molecular flexibility index (Phi) is 7.07. The van der Waals surface area contributed by atoms with Crippen molar-refractivity contribution in [3.8, 4) is 0 Å². The van der Waals surface area contributed by atoms with E-state index < -0.39 is 10.0 Å². The van der Waals surface area contributed by atoms with Gasteiger partial charge in [-0.2, -0.15) is 4.31 Å². The van der Waals surface area contributed by atoms with Crippen LogP contribution in [0, 0.1) is 0 Å². The molecule has 1 N–H and O–H groups in total. The van der Waals surface area contributed by atoms with Crippen molar-refractivity contribution in [1.82, 2.24) is 14.5 Å². The third-order valence-electron chi connectivity index (χ3n) is 4.06. The molecular weight excluding hydrogens is 322 g/mol. The molecule has 0 aromatic rings. The standard InChI is InChI=1S/C14H27N3O5S/c1-23(19,20)17-8-6-16(7-9-17)14(18)15-5-3-10-21-12-13-4-2-11-22-13/h13H,2-12H2,1H3,(H,15,18)/t13-/m1/s1. The summed E-state index contributed by atoms with van der Waals surface area (Å²) >= 11 is 0. The van der Waals surface area contributed by atoms with E-state index in [-0.39, 0.29) is 12.1 Å². The molecule has 0 saturated carbocycles. The number of sulfonamides is 1. The van der Waals surface area contributed by atoms with Gasteiger partial charge in [0.25, 0.3) is 0 Å². The molecule has 0 radical (unpaired) electrons. The summed E-state index contributed by atoms with van der Waals surface area (Å²) in [5.41, 5.74) is 0. The molecular formula is C14H27N3O5S. The van der Waals surface area contributed by atoms with Crippen molar-refractivity contribution in [2.75, 3.05) is 58.8 Å². The summed E-state index contributed by atoms with van der Waals surface area (Å²) in [5.74, 6) is 0. The highest BCUT2D eigenvalue weighted by molar-refractivity contribution is 7.88. The fourth-order valence-corrected chi connectivity index (χ4v) is 3.52. The van der Waals surface area contributed by atoms with Crippen LogP contribution >= 0.6 is 0 Å². The van der Waals surface area contributed by atoms with Crippen molar-refractivity contribution < 1.29 is 22.7 Å². The molecule has 0 aliphatic carbocycles. The number of nitrogens with one attached hydrogen (secondary N) is 1. The predicted molar refractivity (Wildman–Crippen MR) is 85.8 cm³/mol. The molecule has 23 heavy (non-hydrogen) atoms. The summed E-state index contributed by atoms with van der Waals surface area (Å²) < 4.78 is 35.2. The molecule has 2 rings (SSSR count). The summed E-state index contributed by atoms with van der Waals surface area (Å²) in [7, 11) is -3.16. The fourth-order valence-electron chi connectivity index (χ4n) is 2.69. The van der Waals surface area contributed by atoms with Gasteiger partial charge in [-0.1, -0.05) is 0 Å². The minimum Gasteiger partial charge on any atom is -0.379 e. The molecule has 9 heteroatoms. The van der Waals surface area contributed by atoms with E-state index >= 15 is 0 Å². The van der Waals surface area contributed by atoms with Crippen LogP contribution < -0.4 is 5.32 Å². The second-order valence-electron chi connectivity index (χ2n) is 5.94. The predicted octanol–water partition coefficient (Wildman–Crippen LogP) is -0.141. The lowest BCUT2D eigenvalue weighted by molar-refractivity contribution is 0.0167. The van der Waals surface area contributed by atoms with E-state index in [1.165, 1.54) is 10.6 Å². The quantitative estimate of drug-likeness (QED) is 0.646. The van der Waals surface area contributed by atoms with Crippen LogP contribution in [0.25, 0.3) is 0 Å². The number of carbonyl (C=O) groups is 1. The molecule has 2 saturated heterocycles. The SMILES string of the molecule is CS(=O)(=O)N1CCN(C(=O)NCCCOC[C@H]2CCCO2)CC1. The van der Waals surface area contributed by atoms with Crippen molar-refractivity contribution in [2.45, 2.75) is 25.4 Å². The Morgan fingerprint density at radius 2 is 2.04 bits per heavy atom. The monoisotopic (exact) mass is 349 g/mol. The van der Waals surface area contributed by atoms with Crippen LogP contribution in [-0.4, -0.2) is 88.6 Å². The van der Waals surface area contributed by atoms with Gasteiger partial charge in [-0.3, -0.25) is 0 Å². The zero-order valence-electron chi connectivity index (χ0n) is 13.7. The number of nitrogens with zero attached hydrogens (tertiary/aromatic N) is 2. The zero-order chi connectivity index (χ0) is 16.7. The number of hydrogen-bond donors (Lipinski definition) is 1. The van der Waals surface area contributed by atoms with E-state index in [2.05, 4.69) is 5.32 Å². The molecule has 0 aromatic carbocycles. The lowest BCUT2D eigenvalue weighted by Gasteiger charge is -2.33.